The lowest BCUT2D eigenvalue weighted by molar-refractivity contribution is 0.173. The zero-order valence-electron chi connectivity index (χ0n) is 11.3. The number of hydrogen-bond acceptors (Lipinski definition) is 3. The Labute approximate surface area is 119 Å². The van der Waals surface area contributed by atoms with E-state index in [9.17, 15) is 0 Å². The SMILES string of the molecule is CCc1c(CC2CCNCC2)cc(Cl)c2c1OCO2. The fraction of sp³-hybridized carbons (Fsp3) is 0.600. The Morgan fingerprint density at radius 1 is 1.26 bits per heavy atom. The number of halogens is 1. The maximum atomic E-state index is 6.30. The minimum Gasteiger partial charge on any atom is -0.453 e. The number of piperidine rings is 1. The Kier molecular flexibility index (Phi) is 3.85. The molecule has 0 saturated carbocycles. The van der Waals surface area contributed by atoms with Gasteiger partial charge >= 0.3 is 0 Å². The average molecular weight is 282 g/mol. The fourth-order valence-electron chi connectivity index (χ4n) is 3.10. The Hall–Kier alpha value is -0.930. The minimum atomic E-state index is 0.291. The van der Waals surface area contributed by atoms with Crippen LogP contribution in [-0.4, -0.2) is 19.9 Å². The summed E-state index contributed by atoms with van der Waals surface area (Å²) in [5.41, 5.74) is 2.61. The van der Waals surface area contributed by atoms with Gasteiger partial charge in [0.25, 0.3) is 0 Å². The lowest BCUT2D eigenvalue weighted by atomic mass is 9.88. The van der Waals surface area contributed by atoms with Gasteiger partial charge in [0.1, 0.15) is 0 Å². The maximum absolute atomic E-state index is 6.30. The van der Waals surface area contributed by atoms with E-state index >= 15 is 0 Å². The second-order valence-electron chi connectivity index (χ2n) is 5.31. The molecule has 1 aromatic rings. The van der Waals surface area contributed by atoms with Crippen LogP contribution in [0.15, 0.2) is 6.07 Å². The smallest absolute Gasteiger partial charge is 0.231 e. The predicted octanol–water partition coefficient (Wildman–Crippen LogP) is 3.17. The summed E-state index contributed by atoms with van der Waals surface area (Å²) in [6.07, 6.45) is 4.55. The third-order valence-electron chi connectivity index (χ3n) is 4.11. The molecule has 0 aliphatic carbocycles. The summed E-state index contributed by atoms with van der Waals surface area (Å²) in [5.74, 6) is 2.36. The molecule has 0 spiro atoms. The summed E-state index contributed by atoms with van der Waals surface area (Å²) < 4.78 is 11.1. The first-order chi connectivity index (χ1) is 9.29. The Morgan fingerprint density at radius 2 is 2.00 bits per heavy atom. The Morgan fingerprint density at radius 3 is 2.74 bits per heavy atom. The molecule has 104 valence electrons. The van der Waals surface area contributed by atoms with Crippen molar-refractivity contribution in [3.05, 3.63) is 22.2 Å². The standard InChI is InChI=1S/C15H20ClNO2/c1-2-12-11(7-10-3-5-17-6-4-10)8-13(16)15-14(12)18-9-19-15/h8,10,17H,2-7,9H2,1H3. The summed E-state index contributed by atoms with van der Waals surface area (Å²) >= 11 is 6.30. The van der Waals surface area contributed by atoms with Gasteiger partial charge in [-0.1, -0.05) is 18.5 Å². The van der Waals surface area contributed by atoms with Crippen molar-refractivity contribution in [3.8, 4) is 11.5 Å². The van der Waals surface area contributed by atoms with Gasteiger partial charge in [0.15, 0.2) is 11.5 Å². The summed E-state index contributed by atoms with van der Waals surface area (Å²) in [7, 11) is 0. The first kappa shape index (κ1) is 13.1. The van der Waals surface area contributed by atoms with Crippen molar-refractivity contribution in [2.24, 2.45) is 5.92 Å². The number of nitrogens with one attached hydrogen (secondary N) is 1. The lowest BCUT2D eigenvalue weighted by Crippen LogP contribution is -2.28. The molecule has 3 nitrogen and oxygen atoms in total. The average Bonchev–Trinajstić information content (AvgIpc) is 2.90. The minimum absolute atomic E-state index is 0.291. The van der Waals surface area contributed by atoms with E-state index in [1.807, 2.05) is 0 Å². The Bertz CT molecular complexity index is 470. The molecule has 0 unspecified atom stereocenters. The van der Waals surface area contributed by atoms with Crippen LogP contribution in [0.4, 0.5) is 0 Å². The molecule has 3 rings (SSSR count). The van der Waals surface area contributed by atoms with E-state index in [1.54, 1.807) is 0 Å². The van der Waals surface area contributed by atoms with E-state index < -0.39 is 0 Å². The van der Waals surface area contributed by atoms with E-state index in [-0.39, 0.29) is 0 Å². The van der Waals surface area contributed by atoms with Gasteiger partial charge in [0, 0.05) is 5.56 Å². The number of fused-ring (bicyclic) bond motifs is 1. The second-order valence-corrected chi connectivity index (χ2v) is 5.72. The van der Waals surface area contributed by atoms with Gasteiger partial charge in [-0.2, -0.15) is 0 Å². The van der Waals surface area contributed by atoms with Crippen LogP contribution in [0.1, 0.15) is 30.9 Å². The van der Waals surface area contributed by atoms with Gasteiger partial charge in [0.05, 0.1) is 5.02 Å². The normalized spacial score (nSPS) is 18.8. The first-order valence-corrected chi connectivity index (χ1v) is 7.48. The second kappa shape index (κ2) is 5.59. The Balaban J connectivity index is 1.89. The quantitative estimate of drug-likeness (QED) is 0.923. The molecule has 2 heterocycles. The number of ether oxygens (including phenoxy) is 2. The van der Waals surface area contributed by atoms with Crippen LogP contribution >= 0.6 is 11.6 Å². The van der Waals surface area contributed by atoms with Crippen LogP contribution in [0.25, 0.3) is 0 Å². The molecule has 0 atom stereocenters. The van der Waals surface area contributed by atoms with Crippen LogP contribution in [0.3, 0.4) is 0 Å². The van der Waals surface area contributed by atoms with Crippen molar-refractivity contribution in [2.75, 3.05) is 19.9 Å². The molecule has 19 heavy (non-hydrogen) atoms. The van der Waals surface area contributed by atoms with Crippen LogP contribution in [0.2, 0.25) is 5.02 Å². The zero-order chi connectivity index (χ0) is 13.2. The van der Waals surface area contributed by atoms with Crippen molar-refractivity contribution in [3.63, 3.8) is 0 Å². The molecule has 1 fully saturated rings. The lowest BCUT2D eigenvalue weighted by Gasteiger charge is -2.24. The van der Waals surface area contributed by atoms with Crippen molar-refractivity contribution in [2.45, 2.75) is 32.6 Å². The summed E-state index contributed by atoms with van der Waals surface area (Å²) in [6.45, 7) is 4.71. The number of rotatable bonds is 3. The molecule has 4 heteroatoms. The molecule has 0 radical (unpaired) electrons. The highest BCUT2D eigenvalue weighted by Gasteiger charge is 2.25. The van der Waals surface area contributed by atoms with Gasteiger partial charge in [-0.25, -0.2) is 0 Å². The molecule has 0 aromatic heterocycles. The third kappa shape index (κ3) is 2.54. The van der Waals surface area contributed by atoms with Gasteiger partial charge in [-0.3, -0.25) is 0 Å². The molecule has 2 aliphatic heterocycles. The van der Waals surface area contributed by atoms with Crippen LogP contribution < -0.4 is 14.8 Å². The van der Waals surface area contributed by atoms with Crippen molar-refractivity contribution in [1.29, 1.82) is 0 Å². The van der Waals surface area contributed by atoms with Gasteiger partial charge in [0.2, 0.25) is 6.79 Å². The van der Waals surface area contributed by atoms with E-state index in [0.29, 0.717) is 11.8 Å². The summed E-state index contributed by atoms with van der Waals surface area (Å²) in [6, 6.07) is 2.08. The highest BCUT2D eigenvalue weighted by molar-refractivity contribution is 6.32. The third-order valence-corrected chi connectivity index (χ3v) is 4.39. The van der Waals surface area contributed by atoms with Gasteiger partial charge in [-0.05, 0) is 56.3 Å². The molecule has 0 amide bonds. The topological polar surface area (TPSA) is 30.5 Å². The molecule has 1 saturated heterocycles. The maximum Gasteiger partial charge on any atom is 0.231 e. The highest BCUT2D eigenvalue weighted by Crippen LogP contribution is 2.44. The molecule has 0 bridgehead atoms. The van der Waals surface area contributed by atoms with E-state index in [4.69, 9.17) is 21.1 Å². The predicted molar refractivity (Wildman–Crippen MR) is 76.3 cm³/mol. The fourth-order valence-corrected chi connectivity index (χ4v) is 3.37. The highest BCUT2D eigenvalue weighted by atomic mass is 35.5. The summed E-state index contributed by atoms with van der Waals surface area (Å²) in [5, 5.41) is 4.10. The van der Waals surface area contributed by atoms with E-state index in [2.05, 4.69) is 18.3 Å². The molecular weight excluding hydrogens is 262 g/mol. The van der Waals surface area contributed by atoms with Crippen molar-refractivity contribution >= 4 is 11.6 Å². The van der Waals surface area contributed by atoms with E-state index in [0.717, 1.165) is 43.3 Å². The van der Waals surface area contributed by atoms with Gasteiger partial charge in [-0.15, -0.1) is 0 Å². The number of benzene rings is 1. The first-order valence-electron chi connectivity index (χ1n) is 7.10. The molecule has 2 aliphatic rings. The molecule has 1 aromatic carbocycles. The van der Waals surface area contributed by atoms with Crippen molar-refractivity contribution in [1.82, 2.24) is 5.32 Å². The monoisotopic (exact) mass is 281 g/mol. The van der Waals surface area contributed by atoms with Crippen LogP contribution in [0, 0.1) is 5.92 Å². The van der Waals surface area contributed by atoms with Gasteiger partial charge < -0.3 is 14.8 Å². The molecular formula is C15H20ClNO2. The molecule has 1 N–H and O–H groups in total. The number of hydrogen-bond donors (Lipinski definition) is 1. The van der Waals surface area contributed by atoms with Crippen molar-refractivity contribution < 1.29 is 9.47 Å². The largest absolute Gasteiger partial charge is 0.453 e. The van der Waals surface area contributed by atoms with Crippen LogP contribution in [-0.2, 0) is 12.8 Å². The van der Waals surface area contributed by atoms with Crippen LogP contribution in [0.5, 0.6) is 11.5 Å². The van der Waals surface area contributed by atoms with E-state index in [1.165, 1.54) is 24.0 Å². The summed E-state index contributed by atoms with van der Waals surface area (Å²) in [4.78, 5) is 0. The zero-order valence-corrected chi connectivity index (χ0v) is 12.1.